The first kappa shape index (κ1) is 11.7. The zero-order valence-corrected chi connectivity index (χ0v) is 9.03. The van der Waals surface area contributed by atoms with Gasteiger partial charge in [0.15, 0.2) is 0 Å². The lowest BCUT2D eigenvalue weighted by Gasteiger charge is -2.12. The molecule has 1 aromatic rings. The van der Waals surface area contributed by atoms with E-state index < -0.39 is 6.10 Å². The molecule has 1 atom stereocenters. The Hall–Kier alpha value is -1.33. The zero-order valence-electron chi connectivity index (χ0n) is 9.03. The minimum atomic E-state index is -0.558. The van der Waals surface area contributed by atoms with Gasteiger partial charge in [-0.15, -0.1) is 0 Å². The average molecular weight is 211 g/mol. The van der Waals surface area contributed by atoms with Gasteiger partial charge < -0.3 is 20.9 Å². The van der Waals surface area contributed by atoms with Crippen molar-refractivity contribution in [3.05, 3.63) is 17.8 Å². The molecule has 0 aliphatic rings. The molecule has 0 saturated heterocycles. The Morgan fingerprint density at radius 2 is 2.40 bits per heavy atom. The van der Waals surface area contributed by atoms with Crippen molar-refractivity contribution in [3.8, 4) is 0 Å². The summed E-state index contributed by atoms with van der Waals surface area (Å²) in [5.41, 5.74) is 7.34. The van der Waals surface area contributed by atoms with E-state index in [4.69, 9.17) is 10.5 Å². The molecule has 5 heteroatoms. The number of aliphatic hydroxyl groups excluding tert-OH is 1. The number of nitrogens with two attached hydrogens (primary N) is 1. The van der Waals surface area contributed by atoms with Crippen LogP contribution in [0.1, 0.15) is 5.56 Å². The molecule has 1 aromatic heterocycles. The lowest BCUT2D eigenvalue weighted by molar-refractivity contribution is 0.0727. The van der Waals surface area contributed by atoms with Crippen LogP contribution in [-0.4, -0.2) is 36.5 Å². The Balaban J connectivity index is 2.50. The number of aromatic nitrogens is 1. The van der Waals surface area contributed by atoms with E-state index in [1.807, 2.05) is 13.0 Å². The van der Waals surface area contributed by atoms with Gasteiger partial charge in [-0.25, -0.2) is 4.98 Å². The SMILES string of the molecule is COCC(O)CNc1ncc(C)cc1N. The number of nitrogens with zero attached hydrogens (tertiary/aromatic N) is 1. The van der Waals surface area contributed by atoms with Gasteiger partial charge in [-0.05, 0) is 18.6 Å². The van der Waals surface area contributed by atoms with Crippen LogP contribution in [0.15, 0.2) is 12.3 Å². The first-order valence-electron chi connectivity index (χ1n) is 4.76. The highest BCUT2D eigenvalue weighted by Gasteiger charge is 2.05. The lowest BCUT2D eigenvalue weighted by Crippen LogP contribution is -2.24. The van der Waals surface area contributed by atoms with Crippen molar-refractivity contribution in [1.29, 1.82) is 0 Å². The molecule has 84 valence electrons. The van der Waals surface area contributed by atoms with E-state index in [2.05, 4.69) is 10.3 Å². The summed E-state index contributed by atoms with van der Waals surface area (Å²) in [4.78, 5) is 4.12. The molecule has 1 rings (SSSR count). The molecule has 1 unspecified atom stereocenters. The number of hydrogen-bond donors (Lipinski definition) is 3. The second-order valence-electron chi connectivity index (χ2n) is 3.44. The molecule has 0 spiro atoms. The summed E-state index contributed by atoms with van der Waals surface area (Å²) >= 11 is 0. The smallest absolute Gasteiger partial charge is 0.149 e. The second-order valence-corrected chi connectivity index (χ2v) is 3.44. The molecule has 0 saturated carbocycles. The summed E-state index contributed by atoms with van der Waals surface area (Å²) in [6.45, 7) is 2.58. The number of pyridine rings is 1. The fourth-order valence-corrected chi connectivity index (χ4v) is 1.21. The number of aliphatic hydroxyl groups is 1. The van der Waals surface area contributed by atoms with Crippen molar-refractivity contribution in [2.75, 3.05) is 31.3 Å². The molecule has 4 N–H and O–H groups in total. The maximum atomic E-state index is 9.40. The van der Waals surface area contributed by atoms with Crippen molar-refractivity contribution in [3.63, 3.8) is 0 Å². The molecule has 15 heavy (non-hydrogen) atoms. The molecule has 0 aromatic carbocycles. The molecular weight excluding hydrogens is 194 g/mol. The summed E-state index contributed by atoms with van der Waals surface area (Å²) in [6.07, 6.45) is 1.17. The Kier molecular flexibility index (Phi) is 4.33. The standard InChI is InChI=1S/C10H17N3O2/c1-7-3-9(11)10(12-4-7)13-5-8(14)6-15-2/h3-4,8,14H,5-6,11H2,1-2H3,(H,12,13). The molecule has 0 aliphatic carbocycles. The summed E-state index contributed by atoms with van der Waals surface area (Å²) in [5.74, 6) is 0.593. The zero-order chi connectivity index (χ0) is 11.3. The van der Waals surface area contributed by atoms with Gasteiger partial charge in [0.1, 0.15) is 5.82 Å². The van der Waals surface area contributed by atoms with Crippen molar-refractivity contribution >= 4 is 11.5 Å². The van der Waals surface area contributed by atoms with Gasteiger partial charge in [0.25, 0.3) is 0 Å². The van der Waals surface area contributed by atoms with Crippen LogP contribution in [0, 0.1) is 6.92 Å². The van der Waals surface area contributed by atoms with E-state index in [0.717, 1.165) is 5.56 Å². The number of ether oxygens (including phenoxy) is 1. The molecule has 5 nitrogen and oxygen atoms in total. The molecular formula is C10H17N3O2. The van der Waals surface area contributed by atoms with Gasteiger partial charge in [-0.3, -0.25) is 0 Å². The molecule has 0 aliphatic heterocycles. The Morgan fingerprint density at radius 1 is 1.67 bits per heavy atom. The van der Waals surface area contributed by atoms with E-state index in [-0.39, 0.29) is 0 Å². The normalized spacial score (nSPS) is 12.5. The molecule has 0 amide bonds. The average Bonchev–Trinajstić information content (AvgIpc) is 2.17. The number of nitrogen functional groups attached to an aromatic ring is 1. The van der Waals surface area contributed by atoms with Crippen molar-refractivity contribution in [1.82, 2.24) is 4.98 Å². The molecule has 0 radical (unpaired) electrons. The summed E-state index contributed by atoms with van der Waals surface area (Å²) in [7, 11) is 1.54. The van der Waals surface area contributed by atoms with E-state index >= 15 is 0 Å². The molecule has 0 fully saturated rings. The summed E-state index contributed by atoms with van der Waals surface area (Å²) in [5, 5.41) is 12.4. The predicted octanol–water partition coefficient (Wildman–Crippen LogP) is 0.391. The van der Waals surface area contributed by atoms with Gasteiger partial charge in [-0.2, -0.15) is 0 Å². The van der Waals surface area contributed by atoms with Gasteiger partial charge >= 0.3 is 0 Å². The van der Waals surface area contributed by atoms with Gasteiger partial charge in [0.2, 0.25) is 0 Å². The van der Waals surface area contributed by atoms with Crippen molar-refractivity contribution < 1.29 is 9.84 Å². The fraction of sp³-hybridized carbons (Fsp3) is 0.500. The van der Waals surface area contributed by atoms with Crippen LogP contribution in [0.5, 0.6) is 0 Å². The number of nitrogens with one attached hydrogen (secondary N) is 1. The number of anilines is 2. The van der Waals surface area contributed by atoms with Crippen LogP contribution in [-0.2, 0) is 4.74 Å². The minimum Gasteiger partial charge on any atom is -0.396 e. The maximum Gasteiger partial charge on any atom is 0.149 e. The minimum absolute atomic E-state index is 0.290. The van der Waals surface area contributed by atoms with E-state index in [1.165, 1.54) is 0 Å². The summed E-state index contributed by atoms with van der Waals surface area (Å²) < 4.78 is 4.80. The van der Waals surface area contributed by atoms with Crippen molar-refractivity contribution in [2.45, 2.75) is 13.0 Å². The van der Waals surface area contributed by atoms with Crippen LogP contribution in [0.2, 0.25) is 0 Å². The third-order valence-electron chi connectivity index (χ3n) is 1.92. The predicted molar refractivity (Wildman–Crippen MR) is 59.8 cm³/mol. The van der Waals surface area contributed by atoms with E-state index in [9.17, 15) is 5.11 Å². The van der Waals surface area contributed by atoms with Crippen LogP contribution in [0.25, 0.3) is 0 Å². The van der Waals surface area contributed by atoms with Crippen LogP contribution in [0.3, 0.4) is 0 Å². The van der Waals surface area contributed by atoms with Gasteiger partial charge in [-0.1, -0.05) is 0 Å². The maximum absolute atomic E-state index is 9.40. The third-order valence-corrected chi connectivity index (χ3v) is 1.92. The largest absolute Gasteiger partial charge is 0.396 e. The Bertz CT molecular complexity index is 318. The monoisotopic (exact) mass is 211 g/mol. The first-order chi connectivity index (χ1) is 7.13. The topological polar surface area (TPSA) is 80.4 Å². The number of aryl methyl sites for hydroxylation is 1. The van der Waals surface area contributed by atoms with Crippen LogP contribution >= 0.6 is 0 Å². The Morgan fingerprint density at radius 3 is 3.00 bits per heavy atom. The first-order valence-corrected chi connectivity index (χ1v) is 4.76. The van der Waals surface area contributed by atoms with Crippen LogP contribution < -0.4 is 11.1 Å². The fourth-order valence-electron chi connectivity index (χ4n) is 1.21. The Labute approximate surface area is 89.3 Å². The highest BCUT2D eigenvalue weighted by atomic mass is 16.5. The highest BCUT2D eigenvalue weighted by Crippen LogP contribution is 2.15. The van der Waals surface area contributed by atoms with Crippen LogP contribution in [0.4, 0.5) is 11.5 Å². The molecule has 0 bridgehead atoms. The number of methoxy groups -OCH3 is 1. The number of rotatable bonds is 5. The van der Waals surface area contributed by atoms with Gasteiger partial charge in [0, 0.05) is 19.9 Å². The van der Waals surface area contributed by atoms with E-state index in [1.54, 1.807) is 13.3 Å². The second kappa shape index (κ2) is 5.53. The third kappa shape index (κ3) is 3.73. The summed E-state index contributed by atoms with van der Waals surface area (Å²) in [6, 6.07) is 1.83. The highest BCUT2D eigenvalue weighted by molar-refractivity contribution is 5.61. The van der Waals surface area contributed by atoms with E-state index in [0.29, 0.717) is 24.7 Å². The van der Waals surface area contributed by atoms with Gasteiger partial charge in [0.05, 0.1) is 18.4 Å². The van der Waals surface area contributed by atoms with Crippen molar-refractivity contribution in [2.24, 2.45) is 0 Å². The molecule has 1 heterocycles. The lowest BCUT2D eigenvalue weighted by atomic mass is 10.3. The quantitative estimate of drug-likeness (QED) is 0.656. The number of hydrogen-bond acceptors (Lipinski definition) is 5.